The maximum atomic E-state index is 14.7. The maximum Gasteiger partial charge on any atom is 0.317 e. The summed E-state index contributed by atoms with van der Waals surface area (Å²) in [6.45, 7) is 5.87. The molecule has 39 heavy (non-hydrogen) atoms. The van der Waals surface area contributed by atoms with Gasteiger partial charge in [0, 0.05) is 66.8 Å². The van der Waals surface area contributed by atoms with E-state index in [0.717, 1.165) is 37.0 Å². The smallest absolute Gasteiger partial charge is 0.317 e. The molecule has 2 aromatic heterocycles. The van der Waals surface area contributed by atoms with Crippen molar-refractivity contribution in [2.24, 2.45) is 7.05 Å². The Morgan fingerprint density at radius 1 is 1.18 bits per heavy atom. The molecule has 0 unspecified atom stereocenters. The summed E-state index contributed by atoms with van der Waals surface area (Å²) in [6.07, 6.45) is 4.69. The van der Waals surface area contributed by atoms with Gasteiger partial charge in [-0.1, -0.05) is 0 Å². The lowest BCUT2D eigenvalue weighted by atomic mass is 10.0. The third-order valence-electron chi connectivity index (χ3n) is 7.46. The second kappa shape index (κ2) is 10.0. The minimum absolute atomic E-state index is 0.115. The average Bonchev–Trinajstić information content (AvgIpc) is 3.47. The van der Waals surface area contributed by atoms with Crippen LogP contribution in [0.5, 0.6) is 6.01 Å². The average molecular weight is 534 g/mol. The largest absolute Gasteiger partial charge is 0.457 e. The van der Waals surface area contributed by atoms with Crippen molar-refractivity contribution in [2.45, 2.75) is 57.4 Å². The predicted molar refractivity (Wildman–Crippen MR) is 147 cm³/mol. The Hall–Kier alpha value is -3.83. The molecular formula is C28H32FN7O3. The van der Waals surface area contributed by atoms with Gasteiger partial charge in [0.15, 0.2) is 5.82 Å². The van der Waals surface area contributed by atoms with Crippen LogP contribution in [0.2, 0.25) is 0 Å². The fraction of sp³-hybridized carbons (Fsp3) is 0.429. The van der Waals surface area contributed by atoms with Gasteiger partial charge in [0.05, 0.1) is 17.2 Å². The molecule has 204 valence electrons. The van der Waals surface area contributed by atoms with Crippen LogP contribution in [0.15, 0.2) is 36.7 Å². The minimum atomic E-state index is -0.570. The SMILES string of the molecule is C[C@@H]1CN(c2ccc(C(=O)Nc3cc(F)c4nn(C)cc4c3)c3nc(O[C@H]4CCC[C@H]4O)ncc23)C[C@H](C)N1. The van der Waals surface area contributed by atoms with E-state index < -0.39 is 17.8 Å². The Balaban J connectivity index is 1.39. The van der Waals surface area contributed by atoms with Crippen LogP contribution in [-0.2, 0) is 7.05 Å². The van der Waals surface area contributed by atoms with E-state index in [1.54, 1.807) is 31.6 Å². The number of rotatable bonds is 5. The molecule has 1 saturated heterocycles. The molecule has 1 saturated carbocycles. The number of anilines is 2. The van der Waals surface area contributed by atoms with E-state index in [1.807, 2.05) is 6.07 Å². The number of hydrogen-bond acceptors (Lipinski definition) is 8. The van der Waals surface area contributed by atoms with Gasteiger partial charge < -0.3 is 25.4 Å². The van der Waals surface area contributed by atoms with Gasteiger partial charge in [0.25, 0.3) is 5.91 Å². The molecule has 0 spiro atoms. The number of carbonyl (C=O) groups is 1. The number of piperazine rings is 1. The third kappa shape index (κ3) is 4.99. The van der Waals surface area contributed by atoms with Gasteiger partial charge in [-0.15, -0.1) is 0 Å². The van der Waals surface area contributed by atoms with E-state index >= 15 is 0 Å². The highest BCUT2D eigenvalue weighted by molar-refractivity contribution is 6.14. The van der Waals surface area contributed by atoms with Crippen molar-refractivity contribution >= 4 is 39.1 Å². The highest BCUT2D eigenvalue weighted by Crippen LogP contribution is 2.32. The Kier molecular flexibility index (Phi) is 6.56. The molecule has 1 aliphatic carbocycles. The van der Waals surface area contributed by atoms with Crippen molar-refractivity contribution in [3.8, 4) is 6.01 Å². The molecule has 1 aliphatic heterocycles. The minimum Gasteiger partial charge on any atom is -0.457 e. The van der Waals surface area contributed by atoms with Gasteiger partial charge in [-0.05, 0) is 57.4 Å². The molecular weight excluding hydrogens is 501 g/mol. The number of nitrogens with zero attached hydrogens (tertiary/aromatic N) is 5. The number of amides is 1. The predicted octanol–water partition coefficient (Wildman–Crippen LogP) is 3.39. The van der Waals surface area contributed by atoms with Gasteiger partial charge in [-0.3, -0.25) is 9.48 Å². The van der Waals surface area contributed by atoms with Crippen molar-refractivity contribution in [3.63, 3.8) is 0 Å². The Labute approximate surface area is 225 Å². The summed E-state index contributed by atoms with van der Waals surface area (Å²) in [5, 5.41) is 22.0. The summed E-state index contributed by atoms with van der Waals surface area (Å²) < 4.78 is 22.1. The molecule has 2 fully saturated rings. The summed E-state index contributed by atoms with van der Waals surface area (Å²) >= 11 is 0. The quantitative estimate of drug-likeness (QED) is 0.358. The first-order valence-corrected chi connectivity index (χ1v) is 13.3. The van der Waals surface area contributed by atoms with Gasteiger partial charge >= 0.3 is 6.01 Å². The summed E-state index contributed by atoms with van der Waals surface area (Å²) in [4.78, 5) is 24.9. The molecule has 4 aromatic rings. The molecule has 2 aromatic carbocycles. The number of fused-ring (bicyclic) bond motifs is 2. The standard InChI is InChI=1S/C28H32FN7O3/c1-15-12-36(13-16(2)31-15)22-8-7-19(26-20(22)11-30-28(33-26)39-24-6-4-5-23(24)37)27(38)32-18-9-17-14-35(3)34-25(17)21(29)10-18/h7-11,14-16,23-24,31,37H,4-6,12-13H2,1-3H3,(H,32,38)/t15-,16+,23-,24+/m1/s1. The van der Waals surface area contributed by atoms with E-state index in [0.29, 0.717) is 28.6 Å². The Morgan fingerprint density at radius 3 is 2.72 bits per heavy atom. The summed E-state index contributed by atoms with van der Waals surface area (Å²) in [5.41, 5.74) is 2.24. The number of carbonyl (C=O) groups excluding carboxylic acids is 1. The fourth-order valence-corrected chi connectivity index (χ4v) is 5.79. The van der Waals surface area contributed by atoms with Gasteiger partial charge in [0.1, 0.15) is 11.6 Å². The topological polar surface area (TPSA) is 117 Å². The highest BCUT2D eigenvalue weighted by atomic mass is 19.1. The highest BCUT2D eigenvalue weighted by Gasteiger charge is 2.29. The van der Waals surface area contributed by atoms with E-state index in [-0.39, 0.29) is 29.7 Å². The van der Waals surface area contributed by atoms with Crippen LogP contribution in [-0.4, -0.2) is 68.1 Å². The molecule has 0 bridgehead atoms. The molecule has 3 heterocycles. The first kappa shape index (κ1) is 25.4. The number of hydrogen-bond donors (Lipinski definition) is 3. The Morgan fingerprint density at radius 2 is 1.97 bits per heavy atom. The zero-order valence-corrected chi connectivity index (χ0v) is 22.2. The van der Waals surface area contributed by atoms with E-state index in [4.69, 9.17) is 4.74 Å². The van der Waals surface area contributed by atoms with E-state index in [2.05, 4.69) is 44.4 Å². The van der Waals surface area contributed by atoms with Gasteiger partial charge in [0.2, 0.25) is 0 Å². The van der Waals surface area contributed by atoms with Crippen molar-refractivity contribution < 1.29 is 19.0 Å². The third-order valence-corrected chi connectivity index (χ3v) is 7.46. The van der Waals surface area contributed by atoms with Gasteiger partial charge in [-0.2, -0.15) is 10.1 Å². The molecule has 3 N–H and O–H groups in total. The molecule has 1 amide bonds. The molecule has 2 aliphatic rings. The van der Waals surface area contributed by atoms with E-state index in [9.17, 15) is 14.3 Å². The summed E-state index contributed by atoms with van der Waals surface area (Å²) in [6, 6.07) is 7.30. The monoisotopic (exact) mass is 533 g/mol. The second-order valence-electron chi connectivity index (χ2n) is 10.7. The van der Waals surface area contributed by atoms with Crippen molar-refractivity contribution in [3.05, 3.63) is 48.0 Å². The molecule has 11 heteroatoms. The first-order chi connectivity index (χ1) is 18.7. The van der Waals surface area contributed by atoms with Crippen molar-refractivity contribution in [1.29, 1.82) is 0 Å². The van der Waals surface area contributed by atoms with Crippen LogP contribution in [0.1, 0.15) is 43.5 Å². The van der Waals surface area contributed by atoms with Crippen LogP contribution in [0.3, 0.4) is 0 Å². The first-order valence-electron chi connectivity index (χ1n) is 13.3. The molecule has 10 nitrogen and oxygen atoms in total. The number of aryl methyl sites for hydroxylation is 1. The number of aliphatic hydroxyl groups excluding tert-OH is 1. The summed E-state index contributed by atoms with van der Waals surface area (Å²) in [5.74, 6) is -0.944. The van der Waals surface area contributed by atoms with Crippen molar-refractivity contribution in [1.82, 2.24) is 25.1 Å². The fourth-order valence-electron chi connectivity index (χ4n) is 5.79. The van der Waals surface area contributed by atoms with Crippen LogP contribution in [0, 0.1) is 5.82 Å². The molecule has 6 rings (SSSR count). The number of ether oxygens (including phenoxy) is 1. The number of halogens is 1. The zero-order chi connectivity index (χ0) is 27.3. The van der Waals surface area contributed by atoms with Crippen molar-refractivity contribution in [2.75, 3.05) is 23.3 Å². The number of nitrogens with one attached hydrogen (secondary N) is 2. The lowest BCUT2D eigenvalue weighted by Gasteiger charge is -2.38. The number of aliphatic hydroxyl groups is 1. The zero-order valence-electron chi connectivity index (χ0n) is 22.2. The maximum absolute atomic E-state index is 14.7. The van der Waals surface area contributed by atoms with E-state index in [1.165, 1.54) is 10.7 Å². The van der Waals surface area contributed by atoms with Crippen LogP contribution in [0.25, 0.3) is 21.8 Å². The molecule has 0 radical (unpaired) electrons. The number of aromatic nitrogens is 4. The Bertz CT molecular complexity index is 1550. The van der Waals surface area contributed by atoms with Crippen LogP contribution < -0.4 is 20.3 Å². The number of benzene rings is 2. The molecule has 4 atom stereocenters. The van der Waals surface area contributed by atoms with Crippen LogP contribution in [0.4, 0.5) is 15.8 Å². The lowest BCUT2D eigenvalue weighted by Crippen LogP contribution is -2.54. The second-order valence-corrected chi connectivity index (χ2v) is 10.7. The van der Waals surface area contributed by atoms with Crippen LogP contribution >= 0.6 is 0 Å². The van der Waals surface area contributed by atoms with Gasteiger partial charge in [-0.25, -0.2) is 9.37 Å². The normalized spacial score (nSPS) is 23.5. The summed E-state index contributed by atoms with van der Waals surface area (Å²) in [7, 11) is 1.72. The lowest BCUT2D eigenvalue weighted by molar-refractivity contribution is 0.0544.